The SMILES string of the molecule is [2H]C([2H])([2H])n1c2[n+](c3oc4cccnc4c31)Cc1ccccc1-2. The average Bonchev–Trinajstić information content (AvgIpc) is 3.13. The largest absolute Gasteiger partial charge is 0.417 e. The van der Waals surface area contributed by atoms with Gasteiger partial charge < -0.3 is 4.42 Å². The van der Waals surface area contributed by atoms with E-state index in [1.807, 2.05) is 28.8 Å². The highest BCUT2D eigenvalue weighted by atomic mass is 16.3. The Morgan fingerprint density at radius 2 is 2.25 bits per heavy atom. The number of benzene rings is 1. The molecule has 4 heterocycles. The summed E-state index contributed by atoms with van der Waals surface area (Å²) in [6.07, 6.45) is 1.65. The van der Waals surface area contributed by atoms with Gasteiger partial charge in [-0.2, -0.15) is 4.57 Å². The molecule has 1 aromatic carbocycles. The minimum atomic E-state index is -2.31. The summed E-state index contributed by atoms with van der Waals surface area (Å²) in [5.74, 6) is 0.655. The molecule has 0 saturated carbocycles. The number of aryl methyl sites for hydroxylation is 1. The van der Waals surface area contributed by atoms with Crippen LogP contribution in [0.5, 0.6) is 0 Å². The van der Waals surface area contributed by atoms with Crippen molar-refractivity contribution in [1.29, 1.82) is 0 Å². The summed E-state index contributed by atoms with van der Waals surface area (Å²) < 4.78 is 33.3. The van der Waals surface area contributed by atoms with Gasteiger partial charge >= 0.3 is 5.71 Å². The maximum atomic E-state index is 8.01. The molecule has 0 saturated heterocycles. The Bertz CT molecular complexity index is 1090. The number of nitrogens with zero attached hydrogens (tertiary/aromatic N) is 3. The van der Waals surface area contributed by atoms with Gasteiger partial charge in [0.25, 0.3) is 5.82 Å². The topological polar surface area (TPSA) is 34.8 Å². The van der Waals surface area contributed by atoms with Crippen molar-refractivity contribution in [2.45, 2.75) is 6.54 Å². The van der Waals surface area contributed by atoms with E-state index in [9.17, 15) is 0 Å². The number of fused-ring (bicyclic) bond motifs is 7. The highest BCUT2D eigenvalue weighted by Gasteiger charge is 2.36. The lowest BCUT2D eigenvalue weighted by Crippen LogP contribution is -2.31. The number of hydrogen-bond donors (Lipinski definition) is 0. The molecule has 0 bridgehead atoms. The molecular formula is C16H12N3O+. The minimum absolute atomic E-state index is 0.533. The molecule has 4 heteroatoms. The third-order valence-electron chi connectivity index (χ3n) is 3.93. The Morgan fingerprint density at radius 1 is 1.30 bits per heavy atom. The molecule has 0 fully saturated rings. The second-order valence-electron chi connectivity index (χ2n) is 5.01. The Balaban J connectivity index is 2.01. The van der Waals surface area contributed by atoms with Crippen molar-refractivity contribution in [1.82, 2.24) is 9.55 Å². The quantitative estimate of drug-likeness (QED) is 0.403. The molecular weight excluding hydrogens is 250 g/mol. The number of pyridine rings is 1. The van der Waals surface area contributed by atoms with Crippen molar-refractivity contribution >= 4 is 22.3 Å². The normalized spacial score (nSPS) is 15.9. The van der Waals surface area contributed by atoms with E-state index in [0.717, 1.165) is 11.1 Å². The molecule has 0 N–H and O–H groups in total. The highest BCUT2D eigenvalue weighted by Crippen LogP contribution is 2.34. The summed E-state index contributed by atoms with van der Waals surface area (Å²) in [6, 6.07) is 11.4. The molecule has 0 spiro atoms. The number of furan rings is 1. The smallest absolute Gasteiger partial charge is 0.341 e. The summed E-state index contributed by atoms with van der Waals surface area (Å²) in [7, 11) is 0. The number of aromatic nitrogens is 3. The van der Waals surface area contributed by atoms with E-state index in [-0.39, 0.29) is 0 Å². The molecule has 0 unspecified atom stereocenters. The van der Waals surface area contributed by atoms with Crippen LogP contribution < -0.4 is 4.57 Å². The summed E-state index contributed by atoms with van der Waals surface area (Å²) in [5, 5.41) is 0. The second-order valence-corrected chi connectivity index (χ2v) is 5.01. The first kappa shape index (κ1) is 7.85. The maximum Gasteiger partial charge on any atom is 0.341 e. The standard InChI is InChI=1S/C16H12N3O/c1-18-14-13-12(7-4-8-17-13)20-16(14)19-9-10-5-2-3-6-11(10)15(18)19/h2-8H,9H2,1H3/q+1/i1D3. The first-order chi connectivity index (χ1) is 11.1. The molecule has 4 aromatic rings. The van der Waals surface area contributed by atoms with Gasteiger partial charge in [-0.1, -0.05) is 18.2 Å². The first-order valence-corrected chi connectivity index (χ1v) is 6.46. The third kappa shape index (κ3) is 1.04. The summed E-state index contributed by atoms with van der Waals surface area (Å²) in [4.78, 5) is 4.33. The molecule has 3 aromatic heterocycles. The number of rotatable bonds is 0. The van der Waals surface area contributed by atoms with E-state index in [0.29, 0.717) is 34.7 Å². The van der Waals surface area contributed by atoms with E-state index < -0.39 is 6.98 Å². The fourth-order valence-corrected chi connectivity index (χ4v) is 3.07. The van der Waals surface area contributed by atoms with Crippen molar-refractivity contribution in [2.24, 2.45) is 6.98 Å². The third-order valence-corrected chi connectivity index (χ3v) is 3.93. The fourth-order valence-electron chi connectivity index (χ4n) is 3.07. The molecule has 0 atom stereocenters. The number of hydrogen-bond acceptors (Lipinski definition) is 2. The van der Waals surface area contributed by atoms with Gasteiger partial charge in [0.2, 0.25) is 5.52 Å². The Labute approximate surface area is 119 Å². The first-order valence-electron chi connectivity index (χ1n) is 7.96. The molecule has 20 heavy (non-hydrogen) atoms. The van der Waals surface area contributed by atoms with Gasteiger partial charge in [-0.15, -0.1) is 0 Å². The van der Waals surface area contributed by atoms with E-state index in [1.54, 1.807) is 18.3 Å². The van der Waals surface area contributed by atoms with Crippen molar-refractivity contribution in [3.05, 3.63) is 48.2 Å². The van der Waals surface area contributed by atoms with Crippen LogP contribution in [0.15, 0.2) is 47.0 Å². The van der Waals surface area contributed by atoms with Gasteiger partial charge in [0.1, 0.15) is 6.54 Å². The summed E-state index contributed by atoms with van der Waals surface area (Å²) >= 11 is 0. The lowest BCUT2D eigenvalue weighted by Gasteiger charge is -1.94. The molecule has 0 radical (unpaired) electrons. The number of imidazole rings is 1. The van der Waals surface area contributed by atoms with E-state index in [1.165, 1.54) is 4.57 Å². The maximum absolute atomic E-state index is 8.01. The Kier molecular flexibility index (Phi) is 1.29. The predicted octanol–water partition coefficient (Wildman–Crippen LogP) is 2.64. The lowest BCUT2D eigenvalue weighted by atomic mass is 10.1. The van der Waals surface area contributed by atoms with Crippen molar-refractivity contribution < 1.29 is 13.1 Å². The van der Waals surface area contributed by atoms with Crippen LogP contribution in [0.1, 0.15) is 9.68 Å². The molecule has 4 nitrogen and oxygen atoms in total. The van der Waals surface area contributed by atoms with Crippen molar-refractivity contribution in [3.8, 4) is 11.4 Å². The van der Waals surface area contributed by atoms with E-state index >= 15 is 0 Å². The molecule has 1 aliphatic rings. The van der Waals surface area contributed by atoms with Crippen LogP contribution >= 0.6 is 0 Å². The molecule has 0 amide bonds. The van der Waals surface area contributed by atoms with Gasteiger partial charge in [-0.05, 0) is 18.2 Å². The van der Waals surface area contributed by atoms with Gasteiger partial charge in [0.15, 0.2) is 11.1 Å². The van der Waals surface area contributed by atoms with Gasteiger partial charge in [-0.3, -0.25) is 0 Å². The monoisotopic (exact) mass is 265 g/mol. The predicted molar refractivity (Wildman–Crippen MR) is 75.2 cm³/mol. The van der Waals surface area contributed by atoms with Crippen LogP contribution in [0.2, 0.25) is 0 Å². The molecule has 5 rings (SSSR count). The van der Waals surface area contributed by atoms with Gasteiger partial charge in [0.05, 0.1) is 16.7 Å². The molecule has 0 aliphatic carbocycles. The average molecular weight is 265 g/mol. The zero-order valence-electron chi connectivity index (χ0n) is 13.5. The fraction of sp³-hybridized carbons (Fsp3) is 0.125. The van der Waals surface area contributed by atoms with Crippen molar-refractivity contribution in [3.63, 3.8) is 0 Å². The van der Waals surface area contributed by atoms with Crippen LogP contribution in [-0.4, -0.2) is 9.55 Å². The molecule has 1 aliphatic heterocycles. The van der Waals surface area contributed by atoms with Crippen LogP contribution in [0.3, 0.4) is 0 Å². The second kappa shape index (κ2) is 3.28. The van der Waals surface area contributed by atoms with Crippen LogP contribution in [0.25, 0.3) is 33.7 Å². The Morgan fingerprint density at radius 3 is 3.20 bits per heavy atom. The van der Waals surface area contributed by atoms with Crippen LogP contribution in [0.4, 0.5) is 0 Å². The van der Waals surface area contributed by atoms with Crippen LogP contribution in [0, 0.1) is 0 Å². The Hall–Kier alpha value is -2.62. The van der Waals surface area contributed by atoms with Gasteiger partial charge in [0, 0.05) is 11.8 Å². The zero-order valence-corrected chi connectivity index (χ0v) is 10.5. The zero-order chi connectivity index (χ0) is 15.8. The van der Waals surface area contributed by atoms with Crippen LogP contribution in [-0.2, 0) is 13.5 Å². The van der Waals surface area contributed by atoms with Gasteiger partial charge in [-0.25, -0.2) is 9.55 Å². The summed E-state index contributed by atoms with van der Waals surface area (Å²) in [5.41, 5.74) is 4.29. The minimum Gasteiger partial charge on any atom is -0.417 e. The highest BCUT2D eigenvalue weighted by molar-refractivity contribution is 5.98. The van der Waals surface area contributed by atoms with Crippen molar-refractivity contribution in [2.75, 3.05) is 0 Å². The molecule has 96 valence electrons. The van der Waals surface area contributed by atoms with E-state index in [4.69, 9.17) is 8.53 Å². The van der Waals surface area contributed by atoms with E-state index in [2.05, 4.69) is 4.98 Å². The summed E-state index contributed by atoms with van der Waals surface area (Å²) in [6.45, 7) is -1.71. The lowest BCUT2D eigenvalue weighted by molar-refractivity contribution is -0.652.